The van der Waals surface area contributed by atoms with E-state index in [4.69, 9.17) is 28.9 Å². The zero-order chi connectivity index (χ0) is 26.4. The lowest BCUT2D eigenvalue weighted by molar-refractivity contribution is -0.135. The van der Waals surface area contributed by atoms with E-state index in [9.17, 15) is 14.0 Å². The number of nitrogens with two attached hydrogens (primary N) is 1. The third-order valence-corrected chi connectivity index (χ3v) is 7.07. The number of halogens is 3. The molecule has 0 bridgehead atoms. The second-order valence-corrected chi connectivity index (χ2v) is 10.3. The molecule has 2 aromatic carbocycles. The number of hydrogen-bond donors (Lipinski definition) is 1. The first-order chi connectivity index (χ1) is 17.8. The van der Waals surface area contributed by atoms with Gasteiger partial charge in [-0.3, -0.25) is 14.5 Å². The molecule has 0 radical (unpaired) electrons. The molecular weight excluding hydrogens is 516 g/mol. The normalized spacial score (nSPS) is 14.3. The molecule has 2 heterocycles. The van der Waals surface area contributed by atoms with Crippen LogP contribution in [0.2, 0.25) is 10.0 Å². The summed E-state index contributed by atoms with van der Waals surface area (Å²) in [7, 11) is 0. The van der Waals surface area contributed by atoms with Gasteiger partial charge in [-0.2, -0.15) is 0 Å². The highest BCUT2D eigenvalue weighted by molar-refractivity contribution is 6.34. The van der Waals surface area contributed by atoms with Gasteiger partial charge in [-0.1, -0.05) is 35.3 Å². The van der Waals surface area contributed by atoms with Crippen LogP contribution in [0.3, 0.4) is 0 Å². The van der Waals surface area contributed by atoms with Crippen LogP contribution in [-0.2, 0) is 29.2 Å². The van der Waals surface area contributed by atoms with Crippen LogP contribution in [0.15, 0.2) is 54.9 Å². The maximum atomic E-state index is 13.9. The van der Waals surface area contributed by atoms with Crippen molar-refractivity contribution < 1.29 is 14.0 Å². The molecule has 196 valence electrons. The van der Waals surface area contributed by atoms with E-state index < -0.39 is 0 Å². The van der Waals surface area contributed by atoms with Gasteiger partial charge in [0.1, 0.15) is 11.6 Å². The lowest BCUT2D eigenvalue weighted by Gasteiger charge is -2.31. The van der Waals surface area contributed by atoms with Crippen LogP contribution in [-0.4, -0.2) is 50.8 Å². The van der Waals surface area contributed by atoms with Gasteiger partial charge < -0.3 is 15.2 Å². The Bertz CT molecular complexity index is 1220. The van der Waals surface area contributed by atoms with Crippen molar-refractivity contribution in [3.8, 4) is 0 Å². The molecule has 0 atom stereocenters. The summed E-state index contributed by atoms with van der Waals surface area (Å²) in [5.74, 6) is 0.0714. The van der Waals surface area contributed by atoms with E-state index in [0.717, 1.165) is 17.0 Å². The Labute approximate surface area is 226 Å². The molecule has 0 saturated carbocycles. The number of benzene rings is 2. The van der Waals surface area contributed by atoms with Gasteiger partial charge in [0, 0.05) is 67.5 Å². The zero-order valence-corrected chi connectivity index (χ0v) is 22.0. The van der Waals surface area contributed by atoms with Crippen molar-refractivity contribution in [3.05, 3.63) is 87.7 Å². The highest BCUT2D eigenvalue weighted by Crippen LogP contribution is 2.21. The van der Waals surface area contributed by atoms with E-state index in [1.165, 1.54) is 12.1 Å². The van der Waals surface area contributed by atoms with E-state index in [0.29, 0.717) is 68.6 Å². The standard InChI is InChI=1S/C27H30Cl2FN5O2/c28-22-12-20(13-23(29)15-22)17-35-11-7-32-25(35)18-33(16-19-2-1-3-24(30)14-19)8-6-26(36)34-9-4-21(5-10-34)27(31)37/h1-3,7,11-15,21H,4-6,8-10,16-18H2,(H2,31,37). The smallest absolute Gasteiger partial charge is 0.223 e. The van der Waals surface area contributed by atoms with Gasteiger partial charge in [0.25, 0.3) is 0 Å². The minimum Gasteiger partial charge on any atom is -0.369 e. The largest absolute Gasteiger partial charge is 0.369 e. The summed E-state index contributed by atoms with van der Waals surface area (Å²) in [6, 6.07) is 11.9. The summed E-state index contributed by atoms with van der Waals surface area (Å²) in [6.07, 6.45) is 5.12. The van der Waals surface area contributed by atoms with Crippen molar-refractivity contribution in [1.82, 2.24) is 19.4 Å². The maximum absolute atomic E-state index is 13.9. The number of primary amides is 1. The van der Waals surface area contributed by atoms with Gasteiger partial charge in [0.05, 0.1) is 6.54 Å². The van der Waals surface area contributed by atoms with Crippen LogP contribution >= 0.6 is 23.2 Å². The molecule has 1 aliphatic rings. The number of hydrogen-bond acceptors (Lipinski definition) is 4. The summed E-state index contributed by atoms with van der Waals surface area (Å²) in [5, 5.41) is 1.13. The molecule has 0 unspecified atom stereocenters. The van der Waals surface area contributed by atoms with E-state index >= 15 is 0 Å². The van der Waals surface area contributed by atoms with Crippen LogP contribution in [0, 0.1) is 11.7 Å². The van der Waals surface area contributed by atoms with Crippen LogP contribution in [0.1, 0.15) is 36.2 Å². The Morgan fingerprint density at radius 2 is 1.78 bits per heavy atom. The SMILES string of the molecule is NC(=O)C1CCN(C(=O)CCN(Cc2cccc(F)c2)Cc2nccn2Cc2cc(Cl)cc(Cl)c2)CC1. The molecule has 0 spiro atoms. The number of carbonyl (C=O) groups is 2. The average molecular weight is 546 g/mol. The summed E-state index contributed by atoms with van der Waals surface area (Å²) in [6.45, 7) is 3.00. The minimum absolute atomic E-state index is 0.0315. The molecule has 3 aromatic rings. The molecule has 1 aliphatic heterocycles. The molecule has 0 aliphatic carbocycles. The topological polar surface area (TPSA) is 84.5 Å². The second-order valence-electron chi connectivity index (χ2n) is 9.40. The number of rotatable bonds is 10. The highest BCUT2D eigenvalue weighted by atomic mass is 35.5. The Morgan fingerprint density at radius 1 is 1.05 bits per heavy atom. The fourth-order valence-corrected chi connectivity index (χ4v) is 5.24. The minimum atomic E-state index is -0.302. The molecule has 7 nitrogen and oxygen atoms in total. The van der Waals surface area contributed by atoms with Crippen molar-refractivity contribution in [1.29, 1.82) is 0 Å². The second kappa shape index (κ2) is 12.5. The fraction of sp³-hybridized carbons (Fsp3) is 0.370. The monoisotopic (exact) mass is 545 g/mol. The number of imidazole rings is 1. The van der Waals surface area contributed by atoms with Crippen LogP contribution < -0.4 is 5.73 Å². The van der Waals surface area contributed by atoms with Crippen molar-refractivity contribution in [2.24, 2.45) is 11.7 Å². The molecule has 1 aromatic heterocycles. The van der Waals surface area contributed by atoms with E-state index in [1.807, 2.05) is 29.0 Å². The van der Waals surface area contributed by atoms with Crippen LogP contribution in [0.5, 0.6) is 0 Å². The molecule has 10 heteroatoms. The third kappa shape index (κ3) is 7.77. The third-order valence-electron chi connectivity index (χ3n) is 6.63. The fourth-order valence-electron chi connectivity index (χ4n) is 4.67. The van der Waals surface area contributed by atoms with E-state index in [1.54, 1.807) is 23.2 Å². The number of nitrogens with zero attached hydrogens (tertiary/aromatic N) is 4. The Balaban J connectivity index is 1.44. The first-order valence-corrected chi connectivity index (χ1v) is 13.0. The lowest BCUT2D eigenvalue weighted by atomic mass is 9.96. The number of aromatic nitrogens is 2. The predicted octanol–water partition coefficient (Wildman–Crippen LogP) is 4.49. The van der Waals surface area contributed by atoms with Crippen LogP contribution in [0.4, 0.5) is 4.39 Å². The number of likely N-dealkylation sites (tertiary alicyclic amines) is 1. The summed E-state index contributed by atoms with van der Waals surface area (Å²) < 4.78 is 15.9. The zero-order valence-electron chi connectivity index (χ0n) is 20.5. The van der Waals surface area contributed by atoms with Gasteiger partial charge >= 0.3 is 0 Å². The first kappa shape index (κ1) is 27.1. The number of carbonyl (C=O) groups excluding carboxylic acids is 2. The van der Waals surface area contributed by atoms with Gasteiger partial charge in [-0.15, -0.1) is 0 Å². The van der Waals surface area contributed by atoms with E-state index in [2.05, 4.69) is 9.88 Å². The quantitative estimate of drug-likeness (QED) is 0.406. The molecule has 2 N–H and O–H groups in total. The predicted molar refractivity (Wildman–Crippen MR) is 141 cm³/mol. The maximum Gasteiger partial charge on any atom is 0.223 e. The molecule has 2 amide bonds. The van der Waals surface area contributed by atoms with Crippen molar-refractivity contribution in [3.63, 3.8) is 0 Å². The molecular formula is C27H30Cl2FN5O2. The Hall–Kier alpha value is -2.94. The van der Waals surface area contributed by atoms with Crippen molar-refractivity contribution >= 4 is 35.0 Å². The lowest BCUT2D eigenvalue weighted by Crippen LogP contribution is -2.42. The Morgan fingerprint density at radius 3 is 2.46 bits per heavy atom. The van der Waals surface area contributed by atoms with Gasteiger partial charge in [0.15, 0.2) is 0 Å². The van der Waals surface area contributed by atoms with Gasteiger partial charge in [0.2, 0.25) is 11.8 Å². The molecule has 37 heavy (non-hydrogen) atoms. The number of piperidine rings is 1. The first-order valence-electron chi connectivity index (χ1n) is 12.3. The average Bonchev–Trinajstić information content (AvgIpc) is 3.28. The Kier molecular flexibility index (Phi) is 9.18. The summed E-state index contributed by atoms with van der Waals surface area (Å²) in [5.41, 5.74) is 7.18. The summed E-state index contributed by atoms with van der Waals surface area (Å²) >= 11 is 12.3. The van der Waals surface area contributed by atoms with Crippen molar-refractivity contribution in [2.75, 3.05) is 19.6 Å². The number of amides is 2. The molecule has 4 rings (SSSR count). The van der Waals surface area contributed by atoms with Gasteiger partial charge in [-0.05, 0) is 54.3 Å². The highest BCUT2D eigenvalue weighted by Gasteiger charge is 2.26. The molecule has 1 fully saturated rings. The van der Waals surface area contributed by atoms with Crippen LogP contribution in [0.25, 0.3) is 0 Å². The van der Waals surface area contributed by atoms with Gasteiger partial charge in [-0.25, -0.2) is 9.37 Å². The molecule has 1 saturated heterocycles. The van der Waals surface area contributed by atoms with E-state index in [-0.39, 0.29) is 23.5 Å². The summed E-state index contributed by atoms with van der Waals surface area (Å²) in [4.78, 5) is 32.8. The van der Waals surface area contributed by atoms with Crippen molar-refractivity contribution in [2.45, 2.75) is 38.9 Å².